The van der Waals surface area contributed by atoms with Gasteiger partial charge in [-0.3, -0.25) is 4.79 Å². The van der Waals surface area contributed by atoms with Crippen molar-refractivity contribution in [3.8, 4) is 0 Å². The molecule has 1 fully saturated rings. The average molecular weight is 299 g/mol. The molecule has 1 aliphatic heterocycles. The van der Waals surface area contributed by atoms with Gasteiger partial charge in [0, 0.05) is 25.7 Å². The third-order valence-electron chi connectivity index (χ3n) is 3.52. The first-order valence-electron chi connectivity index (χ1n) is 7.61. The van der Waals surface area contributed by atoms with Crippen molar-refractivity contribution in [3.05, 3.63) is 0 Å². The Kier molecular flexibility index (Phi) is 6.01. The molecule has 122 valence electrons. The fraction of sp³-hybridized carbons (Fsp3) is 0.867. The standard InChI is InChI=1S/C15H29N3O3/c1-11(2)18(14(20)21-15(3,4)5)10-12-6-7-17(9-12)13(19)8-16/h11-12H,6-10,16H2,1-5H3/t12-/m0/s1. The molecule has 0 spiro atoms. The summed E-state index contributed by atoms with van der Waals surface area (Å²) in [5, 5.41) is 0. The van der Waals surface area contributed by atoms with E-state index in [1.807, 2.05) is 34.6 Å². The number of nitrogens with two attached hydrogens (primary N) is 1. The Labute approximate surface area is 127 Å². The maximum Gasteiger partial charge on any atom is 0.410 e. The van der Waals surface area contributed by atoms with Gasteiger partial charge in [-0.1, -0.05) is 0 Å². The Hall–Kier alpha value is -1.30. The van der Waals surface area contributed by atoms with Gasteiger partial charge in [0.25, 0.3) is 0 Å². The molecule has 1 atom stereocenters. The minimum Gasteiger partial charge on any atom is -0.444 e. The summed E-state index contributed by atoms with van der Waals surface area (Å²) in [6.45, 7) is 11.6. The summed E-state index contributed by atoms with van der Waals surface area (Å²) in [5.74, 6) is 0.265. The lowest BCUT2D eigenvalue weighted by Crippen LogP contribution is -2.44. The van der Waals surface area contributed by atoms with E-state index in [4.69, 9.17) is 10.5 Å². The van der Waals surface area contributed by atoms with Crippen molar-refractivity contribution >= 4 is 12.0 Å². The predicted octanol–water partition coefficient (Wildman–Crippen LogP) is 1.44. The molecule has 2 amide bonds. The Morgan fingerprint density at radius 3 is 2.48 bits per heavy atom. The van der Waals surface area contributed by atoms with Gasteiger partial charge in [-0.15, -0.1) is 0 Å². The van der Waals surface area contributed by atoms with Crippen molar-refractivity contribution in [1.29, 1.82) is 0 Å². The van der Waals surface area contributed by atoms with Crippen molar-refractivity contribution in [1.82, 2.24) is 9.80 Å². The highest BCUT2D eigenvalue weighted by Crippen LogP contribution is 2.20. The number of rotatable bonds is 4. The molecule has 21 heavy (non-hydrogen) atoms. The van der Waals surface area contributed by atoms with E-state index in [0.717, 1.165) is 13.0 Å². The van der Waals surface area contributed by atoms with Gasteiger partial charge < -0.3 is 20.3 Å². The molecule has 0 radical (unpaired) electrons. The van der Waals surface area contributed by atoms with Crippen LogP contribution in [0.25, 0.3) is 0 Å². The number of carbonyl (C=O) groups excluding carboxylic acids is 2. The van der Waals surface area contributed by atoms with Crippen LogP contribution in [0.1, 0.15) is 41.0 Å². The number of hydrogen-bond acceptors (Lipinski definition) is 4. The number of nitrogens with zero attached hydrogens (tertiary/aromatic N) is 2. The van der Waals surface area contributed by atoms with Gasteiger partial charge in [-0.2, -0.15) is 0 Å². The Morgan fingerprint density at radius 1 is 1.38 bits per heavy atom. The van der Waals surface area contributed by atoms with Gasteiger partial charge in [-0.05, 0) is 47.0 Å². The smallest absolute Gasteiger partial charge is 0.410 e. The lowest BCUT2D eigenvalue weighted by Gasteiger charge is -2.31. The molecule has 1 heterocycles. The number of ether oxygens (including phenoxy) is 1. The molecule has 0 aliphatic carbocycles. The van der Waals surface area contributed by atoms with Crippen LogP contribution >= 0.6 is 0 Å². The second-order valence-corrected chi connectivity index (χ2v) is 6.93. The third-order valence-corrected chi connectivity index (χ3v) is 3.52. The van der Waals surface area contributed by atoms with E-state index in [0.29, 0.717) is 13.1 Å². The zero-order chi connectivity index (χ0) is 16.2. The number of amides is 2. The summed E-state index contributed by atoms with van der Waals surface area (Å²) in [4.78, 5) is 27.4. The summed E-state index contributed by atoms with van der Waals surface area (Å²) < 4.78 is 5.45. The highest BCUT2D eigenvalue weighted by molar-refractivity contribution is 5.78. The summed E-state index contributed by atoms with van der Waals surface area (Å²) in [5.41, 5.74) is 4.89. The quantitative estimate of drug-likeness (QED) is 0.852. The average Bonchev–Trinajstić information content (AvgIpc) is 2.80. The van der Waals surface area contributed by atoms with Crippen molar-refractivity contribution in [2.75, 3.05) is 26.2 Å². The van der Waals surface area contributed by atoms with Crippen LogP contribution < -0.4 is 5.73 Å². The summed E-state index contributed by atoms with van der Waals surface area (Å²) in [6.07, 6.45) is 0.610. The highest BCUT2D eigenvalue weighted by Gasteiger charge is 2.31. The number of likely N-dealkylation sites (tertiary alicyclic amines) is 1. The molecule has 0 aromatic heterocycles. The second-order valence-electron chi connectivity index (χ2n) is 6.93. The van der Waals surface area contributed by atoms with Crippen LogP contribution in [0, 0.1) is 5.92 Å². The van der Waals surface area contributed by atoms with E-state index >= 15 is 0 Å². The van der Waals surface area contributed by atoms with Crippen LogP contribution in [-0.4, -0.2) is 59.6 Å². The maximum atomic E-state index is 12.3. The van der Waals surface area contributed by atoms with Crippen molar-refractivity contribution in [2.45, 2.75) is 52.7 Å². The molecule has 1 aliphatic rings. The van der Waals surface area contributed by atoms with E-state index in [1.54, 1.807) is 9.80 Å². The van der Waals surface area contributed by atoms with Gasteiger partial charge in [0.1, 0.15) is 5.60 Å². The molecule has 1 saturated heterocycles. The molecule has 2 N–H and O–H groups in total. The van der Waals surface area contributed by atoms with Crippen LogP contribution in [0.2, 0.25) is 0 Å². The van der Waals surface area contributed by atoms with Crippen LogP contribution in [0.15, 0.2) is 0 Å². The lowest BCUT2D eigenvalue weighted by molar-refractivity contribution is -0.128. The molecule has 0 aromatic rings. The van der Waals surface area contributed by atoms with Crippen molar-refractivity contribution in [2.24, 2.45) is 11.7 Å². The van der Waals surface area contributed by atoms with Gasteiger partial charge in [0.2, 0.25) is 5.91 Å². The summed E-state index contributed by atoms with van der Waals surface area (Å²) in [7, 11) is 0. The van der Waals surface area contributed by atoms with E-state index < -0.39 is 5.60 Å². The van der Waals surface area contributed by atoms with Crippen molar-refractivity contribution in [3.63, 3.8) is 0 Å². The minimum absolute atomic E-state index is 0.0223. The fourth-order valence-electron chi connectivity index (χ4n) is 2.43. The zero-order valence-corrected chi connectivity index (χ0v) is 13.9. The third kappa shape index (κ3) is 5.53. The molecular weight excluding hydrogens is 270 g/mol. The first-order valence-corrected chi connectivity index (χ1v) is 7.61. The minimum atomic E-state index is -0.499. The normalized spacial score (nSPS) is 19.0. The van der Waals surface area contributed by atoms with Gasteiger partial charge in [0.15, 0.2) is 0 Å². The SMILES string of the molecule is CC(C)N(C[C@H]1CCN(C(=O)CN)C1)C(=O)OC(C)(C)C. The van der Waals surface area contributed by atoms with Crippen LogP contribution in [0.5, 0.6) is 0 Å². The number of carbonyl (C=O) groups is 2. The van der Waals surface area contributed by atoms with Crippen LogP contribution in [0.3, 0.4) is 0 Å². The Bertz CT molecular complexity index is 377. The van der Waals surface area contributed by atoms with E-state index in [2.05, 4.69) is 0 Å². The molecule has 6 nitrogen and oxygen atoms in total. The van der Waals surface area contributed by atoms with Crippen molar-refractivity contribution < 1.29 is 14.3 Å². The summed E-state index contributed by atoms with van der Waals surface area (Å²) in [6, 6.07) is 0.0686. The lowest BCUT2D eigenvalue weighted by atomic mass is 10.1. The number of hydrogen-bond donors (Lipinski definition) is 1. The zero-order valence-electron chi connectivity index (χ0n) is 13.9. The van der Waals surface area contributed by atoms with Gasteiger partial charge in [0.05, 0.1) is 6.54 Å². The molecule has 0 unspecified atom stereocenters. The van der Waals surface area contributed by atoms with E-state index in [1.165, 1.54) is 0 Å². The fourth-order valence-corrected chi connectivity index (χ4v) is 2.43. The molecule has 1 rings (SSSR count). The maximum absolute atomic E-state index is 12.3. The molecule has 6 heteroatoms. The molecular formula is C15H29N3O3. The highest BCUT2D eigenvalue weighted by atomic mass is 16.6. The largest absolute Gasteiger partial charge is 0.444 e. The Balaban J connectivity index is 2.60. The molecule has 0 aromatic carbocycles. The molecule has 0 saturated carbocycles. The van der Waals surface area contributed by atoms with Crippen LogP contribution in [-0.2, 0) is 9.53 Å². The van der Waals surface area contributed by atoms with E-state index in [9.17, 15) is 9.59 Å². The summed E-state index contributed by atoms with van der Waals surface area (Å²) >= 11 is 0. The second kappa shape index (κ2) is 7.11. The first kappa shape index (κ1) is 17.8. The monoisotopic (exact) mass is 299 g/mol. The first-order chi connectivity index (χ1) is 9.64. The van der Waals surface area contributed by atoms with E-state index in [-0.39, 0.29) is 30.5 Å². The topological polar surface area (TPSA) is 75.9 Å². The van der Waals surface area contributed by atoms with Crippen LogP contribution in [0.4, 0.5) is 4.79 Å². The predicted molar refractivity (Wildman–Crippen MR) is 81.8 cm³/mol. The Morgan fingerprint density at radius 2 is 2.00 bits per heavy atom. The van der Waals surface area contributed by atoms with Gasteiger partial charge in [-0.25, -0.2) is 4.79 Å². The van der Waals surface area contributed by atoms with Gasteiger partial charge >= 0.3 is 6.09 Å². The molecule has 0 bridgehead atoms.